The maximum absolute atomic E-state index is 6.01. The fourth-order valence-electron chi connectivity index (χ4n) is 2.10. The van der Waals surface area contributed by atoms with Crippen LogP contribution in [0.4, 0.5) is 5.82 Å². The first kappa shape index (κ1) is 11.2. The van der Waals surface area contributed by atoms with Gasteiger partial charge in [-0.05, 0) is 32.0 Å². The summed E-state index contributed by atoms with van der Waals surface area (Å²) in [6.45, 7) is 2.13. The molecule has 6 heteroatoms. The molecule has 3 heterocycles. The van der Waals surface area contributed by atoms with E-state index >= 15 is 0 Å². The van der Waals surface area contributed by atoms with Crippen LogP contribution in [0.5, 0.6) is 0 Å². The SMILES string of the molecule is Clc1cc2c(NC3CCNCC3)ncnc2s1. The van der Waals surface area contributed by atoms with E-state index in [1.807, 2.05) is 6.07 Å². The third-order valence-corrected chi connectivity index (χ3v) is 4.15. The summed E-state index contributed by atoms with van der Waals surface area (Å²) < 4.78 is 0.758. The van der Waals surface area contributed by atoms with Crippen molar-refractivity contribution < 1.29 is 0 Å². The third-order valence-electron chi connectivity index (χ3n) is 2.98. The van der Waals surface area contributed by atoms with Gasteiger partial charge in [0.25, 0.3) is 0 Å². The Morgan fingerprint density at radius 1 is 1.35 bits per heavy atom. The Hall–Kier alpha value is -0.910. The van der Waals surface area contributed by atoms with E-state index in [0.717, 1.165) is 46.3 Å². The van der Waals surface area contributed by atoms with Gasteiger partial charge in [-0.1, -0.05) is 11.6 Å². The number of thiophene rings is 1. The van der Waals surface area contributed by atoms with E-state index in [1.165, 1.54) is 11.3 Å². The molecule has 0 unspecified atom stereocenters. The molecular formula is C11H13ClN4S. The Morgan fingerprint density at radius 3 is 3.00 bits per heavy atom. The molecule has 0 spiro atoms. The molecular weight excluding hydrogens is 256 g/mol. The number of piperidine rings is 1. The van der Waals surface area contributed by atoms with Crippen molar-refractivity contribution >= 4 is 39.0 Å². The highest BCUT2D eigenvalue weighted by Gasteiger charge is 2.15. The van der Waals surface area contributed by atoms with E-state index in [-0.39, 0.29) is 0 Å². The molecule has 0 aliphatic carbocycles. The van der Waals surface area contributed by atoms with Crippen LogP contribution in [-0.2, 0) is 0 Å². The summed E-state index contributed by atoms with van der Waals surface area (Å²) in [4.78, 5) is 9.49. The second-order valence-electron chi connectivity index (χ2n) is 4.16. The van der Waals surface area contributed by atoms with Gasteiger partial charge >= 0.3 is 0 Å². The largest absolute Gasteiger partial charge is 0.367 e. The topological polar surface area (TPSA) is 49.8 Å². The number of fused-ring (bicyclic) bond motifs is 1. The van der Waals surface area contributed by atoms with Crippen LogP contribution in [0.2, 0.25) is 4.34 Å². The molecule has 4 nitrogen and oxygen atoms in total. The maximum Gasteiger partial charge on any atom is 0.138 e. The molecule has 90 valence electrons. The summed E-state index contributed by atoms with van der Waals surface area (Å²) in [7, 11) is 0. The molecule has 0 amide bonds. The van der Waals surface area contributed by atoms with E-state index in [2.05, 4.69) is 20.6 Å². The van der Waals surface area contributed by atoms with Crippen LogP contribution in [0.15, 0.2) is 12.4 Å². The van der Waals surface area contributed by atoms with Gasteiger partial charge in [0.15, 0.2) is 0 Å². The quantitative estimate of drug-likeness (QED) is 0.879. The summed E-state index contributed by atoms with van der Waals surface area (Å²) in [6, 6.07) is 2.43. The second kappa shape index (κ2) is 4.76. The van der Waals surface area contributed by atoms with Crippen molar-refractivity contribution in [1.82, 2.24) is 15.3 Å². The van der Waals surface area contributed by atoms with E-state index in [9.17, 15) is 0 Å². The van der Waals surface area contributed by atoms with Crippen LogP contribution < -0.4 is 10.6 Å². The zero-order chi connectivity index (χ0) is 11.7. The molecule has 17 heavy (non-hydrogen) atoms. The highest BCUT2D eigenvalue weighted by molar-refractivity contribution is 7.22. The van der Waals surface area contributed by atoms with Crippen LogP contribution in [-0.4, -0.2) is 29.1 Å². The van der Waals surface area contributed by atoms with Crippen molar-refractivity contribution in [1.29, 1.82) is 0 Å². The predicted octanol–water partition coefficient (Wildman–Crippen LogP) is 2.51. The molecule has 0 radical (unpaired) electrons. The van der Waals surface area contributed by atoms with Gasteiger partial charge in [0, 0.05) is 6.04 Å². The van der Waals surface area contributed by atoms with Crippen molar-refractivity contribution in [2.75, 3.05) is 18.4 Å². The number of halogens is 1. The summed E-state index contributed by atoms with van der Waals surface area (Å²) in [5, 5.41) is 7.87. The minimum atomic E-state index is 0.494. The molecule has 0 atom stereocenters. The van der Waals surface area contributed by atoms with Gasteiger partial charge in [0.1, 0.15) is 17.0 Å². The monoisotopic (exact) mass is 268 g/mol. The number of rotatable bonds is 2. The van der Waals surface area contributed by atoms with E-state index in [1.54, 1.807) is 6.33 Å². The number of nitrogens with one attached hydrogen (secondary N) is 2. The molecule has 1 fully saturated rings. The molecule has 1 aliphatic heterocycles. The first-order chi connectivity index (χ1) is 8.33. The van der Waals surface area contributed by atoms with Crippen LogP contribution in [0, 0.1) is 0 Å². The van der Waals surface area contributed by atoms with Gasteiger partial charge in [-0.15, -0.1) is 11.3 Å². The Morgan fingerprint density at radius 2 is 2.18 bits per heavy atom. The molecule has 2 aromatic rings. The number of anilines is 1. The maximum atomic E-state index is 6.01. The lowest BCUT2D eigenvalue weighted by Gasteiger charge is -2.24. The number of aromatic nitrogens is 2. The predicted molar refractivity (Wildman–Crippen MR) is 71.9 cm³/mol. The molecule has 0 aromatic carbocycles. The molecule has 2 aromatic heterocycles. The van der Waals surface area contributed by atoms with Gasteiger partial charge < -0.3 is 10.6 Å². The van der Waals surface area contributed by atoms with Gasteiger partial charge in [0.2, 0.25) is 0 Å². The van der Waals surface area contributed by atoms with E-state index in [0.29, 0.717) is 6.04 Å². The highest BCUT2D eigenvalue weighted by atomic mass is 35.5. The fraction of sp³-hybridized carbons (Fsp3) is 0.455. The lowest BCUT2D eigenvalue weighted by Crippen LogP contribution is -2.35. The minimum Gasteiger partial charge on any atom is -0.367 e. The molecule has 1 aliphatic rings. The first-order valence-corrected chi connectivity index (χ1v) is 6.89. The Labute approximate surface area is 108 Å². The second-order valence-corrected chi connectivity index (χ2v) is 5.82. The first-order valence-electron chi connectivity index (χ1n) is 5.70. The molecule has 0 saturated carbocycles. The minimum absolute atomic E-state index is 0.494. The van der Waals surface area contributed by atoms with Gasteiger partial charge in [-0.3, -0.25) is 0 Å². The average molecular weight is 269 g/mol. The molecule has 3 rings (SSSR count). The van der Waals surface area contributed by atoms with Gasteiger partial charge in [-0.25, -0.2) is 9.97 Å². The summed E-state index contributed by atoms with van der Waals surface area (Å²) in [5.41, 5.74) is 0. The summed E-state index contributed by atoms with van der Waals surface area (Å²) in [5.74, 6) is 0.907. The highest BCUT2D eigenvalue weighted by Crippen LogP contribution is 2.31. The Kier molecular flexibility index (Phi) is 3.13. The van der Waals surface area contributed by atoms with Crippen LogP contribution >= 0.6 is 22.9 Å². The van der Waals surface area contributed by atoms with Crippen molar-refractivity contribution in [3.8, 4) is 0 Å². The van der Waals surface area contributed by atoms with Gasteiger partial charge in [-0.2, -0.15) is 0 Å². The van der Waals surface area contributed by atoms with Crippen molar-refractivity contribution in [2.45, 2.75) is 18.9 Å². The third kappa shape index (κ3) is 2.36. The fourth-order valence-corrected chi connectivity index (χ4v) is 3.16. The van der Waals surface area contributed by atoms with Crippen LogP contribution in [0.25, 0.3) is 10.2 Å². The average Bonchev–Trinajstić information content (AvgIpc) is 2.72. The number of nitrogens with zero attached hydrogens (tertiary/aromatic N) is 2. The Balaban J connectivity index is 1.88. The van der Waals surface area contributed by atoms with E-state index < -0.39 is 0 Å². The van der Waals surface area contributed by atoms with Gasteiger partial charge in [0.05, 0.1) is 9.72 Å². The zero-order valence-corrected chi connectivity index (χ0v) is 10.8. The van der Waals surface area contributed by atoms with Crippen molar-refractivity contribution in [2.24, 2.45) is 0 Å². The number of hydrogen-bond acceptors (Lipinski definition) is 5. The normalized spacial score (nSPS) is 17.5. The standard InChI is InChI=1S/C11H13ClN4S/c12-9-5-8-10(14-6-15-11(8)17-9)16-7-1-3-13-4-2-7/h5-7,13H,1-4H2,(H,14,15,16). The smallest absolute Gasteiger partial charge is 0.138 e. The van der Waals surface area contributed by atoms with Crippen molar-refractivity contribution in [3.63, 3.8) is 0 Å². The Bertz CT molecular complexity index is 521. The molecule has 2 N–H and O–H groups in total. The zero-order valence-electron chi connectivity index (χ0n) is 9.24. The van der Waals surface area contributed by atoms with Crippen LogP contribution in [0.1, 0.15) is 12.8 Å². The van der Waals surface area contributed by atoms with E-state index in [4.69, 9.17) is 11.6 Å². The van der Waals surface area contributed by atoms with Crippen LogP contribution in [0.3, 0.4) is 0 Å². The molecule has 0 bridgehead atoms. The molecule has 1 saturated heterocycles. The summed E-state index contributed by atoms with van der Waals surface area (Å²) in [6.07, 6.45) is 3.85. The number of hydrogen-bond donors (Lipinski definition) is 2. The summed E-state index contributed by atoms with van der Waals surface area (Å²) >= 11 is 7.50. The lowest BCUT2D eigenvalue weighted by atomic mass is 10.1. The lowest BCUT2D eigenvalue weighted by molar-refractivity contribution is 0.478. The van der Waals surface area contributed by atoms with Crippen molar-refractivity contribution in [3.05, 3.63) is 16.7 Å².